The Balaban J connectivity index is 1.46. The van der Waals surface area contributed by atoms with Crippen LogP contribution in [0.3, 0.4) is 0 Å². The minimum Gasteiger partial charge on any atom is -0.493 e. The van der Waals surface area contributed by atoms with E-state index >= 15 is 0 Å². The van der Waals surface area contributed by atoms with Crippen LogP contribution in [0.15, 0.2) is 60.7 Å². The van der Waals surface area contributed by atoms with Crippen LogP contribution in [0.1, 0.15) is 6.42 Å². The molecule has 4 aromatic rings. The van der Waals surface area contributed by atoms with Crippen molar-refractivity contribution in [2.75, 3.05) is 49.9 Å². The van der Waals surface area contributed by atoms with Crippen LogP contribution in [0.25, 0.3) is 22.3 Å². The van der Waals surface area contributed by atoms with Gasteiger partial charge in [0, 0.05) is 31.4 Å². The second-order valence-corrected chi connectivity index (χ2v) is 8.70. The van der Waals surface area contributed by atoms with Crippen molar-refractivity contribution in [2.24, 2.45) is 5.92 Å². The SMILES string of the molecule is COc1ccc(-c2ccc3nc(N)nc(N4CCC(C(=O)N(C)c5ccccc5)C4)c3n2)cc1OC. The molecule has 1 saturated heterocycles. The van der Waals surface area contributed by atoms with Gasteiger partial charge in [0.25, 0.3) is 0 Å². The number of benzene rings is 2. The van der Waals surface area contributed by atoms with Crippen molar-refractivity contribution >= 4 is 34.4 Å². The van der Waals surface area contributed by atoms with Crippen LogP contribution in [0, 0.1) is 5.92 Å². The molecule has 1 atom stereocenters. The highest BCUT2D eigenvalue weighted by atomic mass is 16.5. The van der Waals surface area contributed by atoms with Gasteiger partial charge in [-0.05, 0) is 48.9 Å². The second kappa shape index (κ2) is 9.69. The lowest BCUT2D eigenvalue weighted by Gasteiger charge is -2.22. The first-order chi connectivity index (χ1) is 17.5. The van der Waals surface area contributed by atoms with Crippen molar-refractivity contribution in [1.82, 2.24) is 15.0 Å². The Morgan fingerprint density at radius 3 is 2.53 bits per heavy atom. The summed E-state index contributed by atoms with van der Waals surface area (Å²) in [5.41, 5.74) is 9.83. The predicted octanol–water partition coefficient (Wildman–Crippen LogP) is 3.78. The lowest BCUT2D eigenvalue weighted by Crippen LogP contribution is -2.34. The minimum atomic E-state index is -0.157. The molecule has 1 fully saturated rings. The summed E-state index contributed by atoms with van der Waals surface area (Å²) >= 11 is 0. The summed E-state index contributed by atoms with van der Waals surface area (Å²) in [5, 5.41) is 0. The van der Waals surface area contributed by atoms with Crippen molar-refractivity contribution in [1.29, 1.82) is 0 Å². The Morgan fingerprint density at radius 2 is 1.78 bits per heavy atom. The van der Waals surface area contributed by atoms with Gasteiger partial charge in [0.1, 0.15) is 5.52 Å². The second-order valence-electron chi connectivity index (χ2n) is 8.70. The van der Waals surface area contributed by atoms with Gasteiger partial charge in [0.15, 0.2) is 17.3 Å². The summed E-state index contributed by atoms with van der Waals surface area (Å²) in [6.45, 7) is 1.21. The molecule has 1 aliphatic rings. The van der Waals surface area contributed by atoms with Gasteiger partial charge in [-0.3, -0.25) is 4.79 Å². The van der Waals surface area contributed by atoms with Gasteiger partial charge >= 0.3 is 0 Å². The van der Waals surface area contributed by atoms with E-state index in [2.05, 4.69) is 14.9 Å². The number of nitrogens with two attached hydrogens (primary N) is 1. The van der Waals surface area contributed by atoms with Gasteiger partial charge in [-0.2, -0.15) is 4.98 Å². The van der Waals surface area contributed by atoms with Crippen LogP contribution >= 0.6 is 0 Å². The molecule has 1 aliphatic heterocycles. The van der Waals surface area contributed by atoms with Gasteiger partial charge in [-0.25, -0.2) is 9.97 Å². The average molecular weight is 485 g/mol. The molecule has 9 nitrogen and oxygen atoms in total. The number of para-hydroxylation sites is 1. The Bertz CT molecular complexity index is 1410. The van der Waals surface area contributed by atoms with Gasteiger partial charge < -0.3 is 25.0 Å². The van der Waals surface area contributed by atoms with Crippen molar-refractivity contribution in [3.05, 3.63) is 60.7 Å². The molecule has 36 heavy (non-hydrogen) atoms. The summed E-state index contributed by atoms with van der Waals surface area (Å²) < 4.78 is 10.8. The Morgan fingerprint density at radius 1 is 1.00 bits per heavy atom. The predicted molar refractivity (Wildman–Crippen MR) is 140 cm³/mol. The maximum absolute atomic E-state index is 13.2. The van der Waals surface area contributed by atoms with Crippen molar-refractivity contribution in [3.8, 4) is 22.8 Å². The van der Waals surface area contributed by atoms with Gasteiger partial charge in [-0.1, -0.05) is 18.2 Å². The molecule has 2 aromatic heterocycles. The van der Waals surface area contributed by atoms with E-state index < -0.39 is 0 Å². The Labute approximate surface area is 209 Å². The van der Waals surface area contributed by atoms with E-state index in [-0.39, 0.29) is 17.8 Å². The fourth-order valence-electron chi connectivity index (χ4n) is 4.60. The maximum atomic E-state index is 13.2. The molecule has 0 radical (unpaired) electrons. The number of rotatable bonds is 6. The third-order valence-corrected chi connectivity index (χ3v) is 6.53. The number of ether oxygens (including phenoxy) is 2. The number of hydrogen-bond acceptors (Lipinski definition) is 8. The van der Waals surface area contributed by atoms with Gasteiger partial charge in [-0.15, -0.1) is 0 Å². The number of methoxy groups -OCH3 is 2. The van der Waals surface area contributed by atoms with Crippen molar-refractivity contribution < 1.29 is 14.3 Å². The highest BCUT2D eigenvalue weighted by Gasteiger charge is 2.32. The highest BCUT2D eigenvalue weighted by molar-refractivity contribution is 5.96. The quantitative estimate of drug-likeness (QED) is 0.441. The average Bonchev–Trinajstić information content (AvgIpc) is 3.41. The molecular weight excluding hydrogens is 456 g/mol. The number of anilines is 3. The largest absolute Gasteiger partial charge is 0.493 e. The van der Waals surface area contributed by atoms with Crippen LogP contribution in [0.5, 0.6) is 11.5 Å². The lowest BCUT2D eigenvalue weighted by molar-refractivity contribution is -0.121. The number of aromatic nitrogens is 3. The van der Waals surface area contributed by atoms with Crippen molar-refractivity contribution in [2.45, 2.75) is 6.42 Å². The Kier molecular flexibility index (Phi) is 6.28. The number of pyridine rings is 1. The monoisotopic (exact) mass is 484 g/mol. The first-order valence-electron chi connectivity index (χ1n) is 11.7. The van der Waals surface area contributed by atoms with E-state index in [1.807, 2.05) is 67.7 Å². The molecule has 1 amide bonds. The molecular formula is C27H28N6O3. The number of carbonyl (C=O) groups is 1. The van der Waals surface area contributed by atoms with E-state index in [4.69, 9.17) is 20.2 Å². The topological polar surface area (TPSA) is 107 Å². The molecule has 5 rings (SSSR count). The van der Waals surface area contributed by atoms with E-state index in [0.717, 1.165) is 23.4 Å². The Hall–Kier alpha value is -4.40. The van der Waals surface area contributed by atoms with E-state index in [0.29, 0.717) is 41.4 Å². The number of nitrogens with zero attached hydrogens (tertiary/aromatic N) is 5. The lowest BCUT2D eigenvalue weighted by atomic mass is 10.1. The number of nitrogen functional groups attached to an aromatic ring is 1. The molecule has 184 valence electrons. The van der Waals surface area contributed by atoms with E-state index in [1.54, 1.807) is 19.1 Å². The van der Waals surface area contributed by atoms with Crippen LogP contribution < -0.4 is 25.0 Å². The van der Waals surface area contributed by atoms with Gasteiger partial charge in [0.05, 0.1) is 31.3 Å². The normalized spacial score (nSPS) is 15.2. The molecule has 1 unspecified atom stereocenters. The molecule has 9 heteroatoms. The maximum Gasteiger partial charge on any atom is 0.231 e. The molecule has 0 bridgehead atoms. The standard InChI is InChI=1S/C27H28N6O3/c1-32(19-7-5-4-6-8-19)26(34)18-13-14-33(16-18)25-24-21(30-27(28)31-25)11-10-20(29-24)17-9-12-22(35-2)23(15-17)36-3/h4-12,15,18H,13-14,16H2,1-3H3,(H2,28,30,31). The van der Waals surface area contributed by atoms with Crippen LogP contribution in [0.2, 0.25) is 0 Å². The molecule has 0 saturated carbocycles. The van der Waals surface area contributed by atoms with Crippen molar-refractivity contribution in [3.63, 3.8) is 0 Å². The number of hydrogen-bond donors (Lipinski definition) is 1. The molecule has 2 N–H and O–H groups in total. The number of fused-ring (bicyclic) bond motifs is 1. The van der Waals surface area contributed by atoms with Gasteiger partial charge in [0.2, 0.25) is 11.9 Å². The summed E-state index contributed by atoms with van der Waals surface area (Å²) in [6, 6.07) is 19.1. The molecule has 0 aliphatic carbocycles. The third-order valence-electron chi connectivity index (χ3n) is 6.53. The number of carbonyl (C=O) groups excluding carboxylic acids is 1. The third kappa shape index (κ3) is 4.35. The van der Waals surface area contributed by atoms with Crippen LogP contribution in [-0.2, 0) is 4.79 Å². The zero-order valence-corrected chi connectivity index (χ0v) is 20.5. The fraction of sp³-hybridized carbons (Fsp3) is 0.259. The first-order valence-corrected chi connectivity index (χ1v) is 11.7. The first kappa shape index (κ1) is 23.3. The summed E-state index contributed by atoms with van der Waals surface area (Å²) in [4.78, 5) is 30.8. The van der Waals surface area contributed by atoms with Crippen LogP contribution in [-0.4, -0.2) is 55.2 Å². The smallest absolute Gasteiger partial charge is 0.231 e. The van der Waals surface area contributed by atoms with Crippen LogP contribution in [0.4, 0.5) is 17.5 Å². The zero-order chi connectivity index (χ0) is 25.2. The molecule has 0 spiro atoms. The van der Waals surface area contributed by atoms with E-state index in [1.165, 1.54) is 0 Å². The minimum absolute atomic E-state index is 0.0778. The summed E-state index contributed by atoms with van der Waals surface area (Å²) in [5.74, 6) is 2.00. The fourth-order valence-corrected chi connectivity index (χ4v) is 4.60. The number of amides is 1. The van der Waals surface area contributed by atoms with E-state index in [9.17, 15) is 4.79 Å². The molecule has 2 aromatic carbocycles. The highest BCUT2D eigenvalue weighted by Crippen LogP contribution is 2.34. The zero-order valence-electron chi connectivity index (χ0n) is 20.5. The summed E-state index contributed by atoms with van der Waals surface area (Å²) in [6.07, 6.45) is 0.719. The molecule has 3 heterocycles. The summed E-state index contributed by atoms with van der Waals surface area (Å²) in [7, 11) is 5.02.